The molecule has 2 heterocycles. The highest BCUT2D eigenvalue weighted by molar-refractivity contribution is 7.71. The fraction of sp³-hybridized carbons (Fsp3) is 0.526. The summed E-state index contributed by atoms with van der Waals surface area (Å²) in [6.45, 7) is 7.42. The third-order valence-corrected chi connectivity index (χ3v) is 6.27. The average molecular weight is 373 g/mol. The lowest BCUT2D eigenvalue weighted by Gasteiger charge is -2.54. The molecule has 6 nitrogen and oxygen atoms in total. The molecule has 1 aromatic carbocycles. The Morgan fingerprint density at radius 3 is 2.96 bits per heavy atom. The molecule has 26 heavy (non-hydrogen) atoms. The van der Waals surface area contributed by atoms with E-state index in [1.165, 1.54) is 4.57 Å². The van der Waals surface area contributed by atoms with Gasteiger partial charge in [-0.1, -0.05) is 13.8 Å². The number of rotatable bonds is 3. The summed E-state index contributed by atoms with van der Waals surface area (Å²) >= 11 is 5.25. The van der Waals surface area contributed by atoms with Crippen LogP contribution < -0.4 is 10.9 Å². The number of aromatic nitrogens is 2. The van der Waals surface area contributed by atoms with Crippen LogP contribution in [-0.2, 0) is 11.3 Å². The maximum atomic E-state index is 12.8. The van der Waals surface area contributed by atoms with E-state index in [1.807, 2.05) is 6.92 Å². The Labute approximate surface area is 156 Å². The van der Waals surface area contributed by atoms with Crippen LogP contribution in [-0.4, -0.2) is 34.2 Å². The number of benzene rings is 1. The number of aromatic amines is 1. The van der Waals surface area contributed by atoms with Crippen LogP contribution in [0.15, 0.2) is 23.0 Å². The minimum Gasteiger partial charge on any atom is -0.377 e. The normalized spacial score (nSPS) is 26.3. The van der Waals surface area contributed by atoms with E-state index in [1.54, 1.807) is 18.2 Å². The Bertz CT molecular complexity index is 1010. The van der Waals surface area contributed by atoms with E-state index in [9.17, 15) is 9.59 Å². The van der Waals surface area contributed by atoms with Crippen LogP contribution in [0.1, 0.15) is 37.6 Å². The minimum absolute atomic E-state index is 0.0670. The standard InChI is InChI=1S/C19H23N3O3S/c1-4-22-17(24)11-6-5-10(9-13(11)20-18(22)26)16(23)21-14-12-7-8-25-15(12)19(14,2)3/h5-6,9,12,14-15H,4,7-8H2,1-3H3,(H,20,26)(H,21,23)/t12-,14+,15-/m0/s1. The molecule has 2 fully saturated rings. The second-order valence-electron chi connectivity index (χ2n) is 7.76. The fourth-order valence-electron chi connectivity index (χ4n) is 4.52. The van der Waals surface area contributed by atoms with Crippen molar-refractivity contribution in [2.24, 2.45) is 11.3 Å². The van der Waals surface area contributed by atoms with Gasteiger partial charge in [-0.25, -0.2) is 0 Å². The van der Waals surface area contributed by atoms with Crippen molar-refractivity contribution in [2.45, 2.75) is 45.9 Å². The Balaban J connectivity index is 1.64. The van der Waals surface area contributed by atoms with Gasteiger partial charge in [0, 0.05) is 36.1 Å². The maximum absolute atomic E-state index is 12.8. The van der Waals surface area contributed by atoms with Crippen molar-refractivity contribution in [3.63, 3.8) is 0 Å². The first-order valence-corrected chi connectivity index (χ1v) is 9.44. The second-order valence-corrected chi connectivity index (χ2v) is 8.14. The molecule has 0 radical (unpaired) electrons. The summed E-state index contributed by atoms with van der Waals surface area (Å²) in [5.41, 5.74) is 0.911. The van der Waals surface area contributed by atoms with Crippen LogP contribution in [0, 0.1) is 16.1 Å². The number of H-pyrrole nitrogens is 1. The molecule has 1 aromatic heterocycles. The Hall–Kier alpha value is -1.99. The molecule has 1 saturated heterocycles. The van der Waals surface area contributed by atoms with Crippen molar-refractivity contribution in [3.8, 4) is 0 Å². The predicted molar refractivity (Wildman–Crippen MR) is 102 cm³/mol. The van der Waals surface area contributed by atoms with Crippen LogP contribution in [0.25, 0.3) is 10.9 Å². The molecule has 2 N–H and O–H groups in total. The number of hydrogen-bond donors (Lipinski definition) is 2. The van der Waals surface area contributed by atoms with E-state index < -0.39 is 0 Å². The van der Waals surface area contributed by atoms with Gasteiger partial charge in [0.05, 0.1) is 17.0 Å². The van der Waals surface area contributed by atoms with Crippen molar-refractivity contribution in [1.29, 1.82) is 0 Å². The lowest BCUT2D eigenvalue weighted by molar-refractivity contribution is -0.108. The SMILES string of the molecule is CCn1c(=S)[nH]c2cc(C(=O)N[C@@H]3[C@@H]4CCO[C@@H]4C3(C)C)ccc2c1=O. The summed E-state index contributed by atoms with van der Waals surface area (Å²) in [6, 6.07) is 5.20. The Morgan fingerprint density at radius 1 is 1.46 bits per heavy atom. The Kier molecular flexibility index (Phi) is 4.04. The lowest BCUT2D eigenvalue weighted by Crippen LogP contribution is -2.66. The molecule has 7 heteroatoms. The molecule has 138 valence electrons. The topological polar surface area (TPSA) is 76.1 Å². The summed E-state index contributed by atoms with van der Waals surface area (Å²) in [7, 11) is 0. The molecule has 0 bridgehead atoms. The van der Waals surface area contributed by atoms with Gasteiger partial charge in [-0.3, -0.25) is 14.2 Å². The molecular weight excluding hydrogens is 350 g/mol. The number of nitrogens with zero attached hydrogens (tertiary/aromatic N) is 1. The number of carbonyl (C=O) groups excluding carboxylic acids is 1. The van der Waals surface area contributed by atoms with Gasteiger partial charge in [0.1, 0.15) is 0 Å². The van der Waals surface area contributed by atoms with Crippen molar-refractivity contribution in [3.05, 3.63) is 38.9 Å². The smallest absolute Gasteiger partial charge is 0.262 e. The van der Waals surface area contributed by atoms with Crippen LogP contribution in [0.3, 0.4) is 0 Å². The van der Waals surface area contributed by atoms with Gasteiger partial charge in [-0.05, 0) is 43.8 Å². The summed E-state index contributed by atoms with van der Waals surface area (Å²) in [5, 5.41) is 3.70. The minimum atomic E-state index is -0.135. The van der Waals surface area contributed by atoms with E-state index in [2.05, 4.69) is 24.1 Å². The Morgan fingerprint density at radius 2 is 2.23 bits per heavy atom. The molecule has 2 aliphatic rings. The highest BCUT2D eigenvalue weighted by atomic mass is 32.1. The number of fused-ring (bicyclic) bond motifs is 2. The molecule has 1 amide bonds. The number of ether oxygens (including phenoxy) is 1. The van der Waals surface area contributed by atoms with E-state index >= 15 is 0 Å². The first kappa shape index (κ1) is 17.4. The highest BCUT2D eigenvalue weighted by Gasteiger charge is 2.59. The molecule has 1 aliphatic heterocycles. The quantitative estimate of drug-likeness (QED) is 0.811. The van der Waals surface area contributed by atoms with Gasteiger partial charge in [-0.15, -0.1) is 0 Å². The summed E-state index contributed by atoms with van der Waals surface area (Å²) in [5.74, 6) is 0.256. The molecule has 0 unspecified atom stereocenters. The summed E-state index contributed by atoms with van der Waals surface area (Å²) in [6.07, 6.45) is 1.22. The van der Waals surface area contributed by atoms with Gasteiger partial charge in [0.15, 0.2) is 4.77 Å². The van der Waals surface area contributed by atoms with Gasteiger partial charge in [0.25, 0.3) is 11.5 Å². The van der Waals surface area contributed by atoms with E-state index in [0.717, 1.165) is 13.0 Å². The highest BCUT2D eigenvalue weighted by Crippen LogP contribution is 2.52. The van der Waals surface area contributed by atoms with Gasteiger partial charge < -0.3 is 15.0 Å². The zero-order valence-corrected chi connectivity index (χ0v) is 16.0. The number of carbonyl (C=O) groups is 1. The van der Waals surface area contributed by atoms with E-state index in [0.29, 0.717) is 33.7 Å². The van der Waals surface area contributed by atoms with Crippen LogP contribution in [0.2, 0.25) is 0 Å². The van der Waals surface area contributed by atoms with Crippen LogP contribution >= 0.6 is 12.2 Å². The molecule has 0 spiro atoms. The third-order valence-electron chi connectivity index (χ3n) is 5.95. The number of hydrogen-bond acceptors (Lipinski definition) is 4. The van der Waals surface area contributed by atoms with E-state index in [4.69, 9.17) is 17.0 Å². The molecule has 2 aromatic rings. The predicted octanol–water partition coefficient (Wildman–Crippen LogP) is 2.62. The van der Waals surface area contributed by atoms with Crippen molar-refractivity contribution < 1.29 is 9.53 Å². The number of nitrogens with one attached hydrogen (secondary N) is 2. The first-order valence-electron chi connectivity index (χ1n) is 9.04. The molecule has 4 rings (SSSR count). The molecule has 1 aliphatic carbocycles. The molecular formula is C19H23N3O3S. The monoisotopic (exact) mass is 373 g/mol. The average Bonchev–Trinajstić information content (AvgIpc) is 3.06. The van der Waals surface area contributed by atoms with Crippen molar-refractivity contribution in [2.75, 3.05) is 6.61 Å². The van der Waals surface area contributed by atoms with E-state index in [-0.39, 0.29) is 29.0 Å². The number of amides is 1. The first-order chi connectivity index (χ1) is 12.3. The van der Waals surface area contributed by atoms with Gasteiger partial charge >= 0.3 is 0 Å². The zero-order chi connectivity index (χ0) is 18.6. The van der Waals surface area contributed by atoms with Crippen molar-refractivity contribution >= 4 is 29.0 Å². The summed E-state index contributed by atoms with van der Waals surface area (Å²) in [4.78, 5) is 28.3. The largest absolute Gasteiger partial charge is 0.377 e. The van der Waals surface area contributed by atoms with Crippen LogP contribution in [0.5, 0.6) is 0 Å². The molecule has 1 saturated carbocycles. The second kappa shape index (κ2) is 6.03. The zero-order valence-electron chi connectivity index (χ0n) is 15.2. The lowest BCUT2D eigenvalue weighted by atomic mass is 9.57. The third kappa shape index (κ3) is 2.45. The van der Waals surface area contributed by atoms with Crippen molar-refractivity contribution in [1.82, 2.24) is 14.9 Å². The fourth-order valence-corrected chi connectivity index (χ4v) is 4.85. The maximum Gasteiger partial charge on any atom is 0.262 e. The van der Waals surface area contributed by atoms with Crippen LogP contribution in [0.4, 0.5) is 0 Å². The summed E-state index contributed by atoms with van der Waals surface area (Å²) < 4.78 is 7.66. The van der Waals surface area contributed by atoms with Gasteiger partial charge in [0.2, 0.25) is 0 Å². The molecule has 3 atom stereocenters. The van der Waals surface area contributed by atoms with Gasteiger partial charge in [-0.2, -0.15) is 0 Å².